The van der Waals surface area contributed by atoms with Gasteiger partial charge in [-0.05, 0) is 61.2 Å². The number of halogens is 1. The Kier molecular flexibility index (Phi) is 4.92. The van der Waals surface area contributed by atoms with Gasteiger partial charge in [0.15, 0.2) is 0 Å². The quantitative estimate of drug-likeness (QED) is 0.660. The molecule has 1 aliphatic carbocycles. The summed E-state index contributed by atoms with van der Waals surface area (Å²) in [5, 5.41) is 0. The van der Waals surface area contributed by atoms with Gasteiger partial charge in [-0.2, -0.15) is 0 Å². The smallest absolute Gasteiger partial charge is 0.123 e. The number of nitrogens with two attached hydrogens (primary N) is 1. The molecule has 1 saturated heterocycles. The molecule has 3 rings (SSSR count). The summed E-state index contributed by atoms with van der Waals surface area (Å²) >= 11 is 1.77. The van der Waals surface area contributed by atoms with Crippen molar-refractivity contribution in [3.8, 4) is 0 Å². The Morgan fingerprint density at radius 2 is 2.12 bits per heavy atom. The van der Waals surface area contributed by atoms with Crippen molar-refractivity contribution in [2.45, 2.75) is 12.8 Å². The third-order valence-electron chi connectivity index (χ3n) is 4.80. The van der Waals surface area contributed by atoms with E-state index in [0.717, 1.165) is 42.9 Å². The molecule has 0 bridgehead atoms. The third-order valence-corrected chi connectivity index (χ3v) is 5.63. The normalized spacial score (nSPS) is 27.8. The van der Waals surface area contributed by atoms with Gasteiger partial charge in [0.05, 0.1) is 11.4 Å². The Balaban J connectivity index is 2.01. The Labute approximate surface area is 147 Å². The van der Waals surface area contributed by atoms with Crippen molar-refractivity contribution in [2.75, 3.05) is 19.3 Å². The highest BCUT2D eigenvalue weighted by Gasteiger charge is 2.40. The molecular formula is C19H22FN3S. The van der Waals surface area contributed by atoms with Gasteiger partial charge in [-0.25, -0.2) is 13.7 Å². The van der Waals surface area contributed by atoms with Crippen molar-refractivity contribution < 1.29 is 4.39 Å². The van der Waals surface area contributed by atoms with E-state index < -0.39 is 0 Å². The lowest BCUT2D eigenvalue weighted by Crippen LogP contribution is -2.43. The van der Waals surface area contributed by atoms with Crippen LogP contribution in [0.15, 0.2) is 65.3 Å². The number of hydrogen-bond acceptors (Lipinski definition) is 4. The summed E-state index contributed by atoms with van der Waals surface area (Å²) in [6.07, 6.45) is 9.74. The molecule has 1 atom stereocenters. The first-order chi connectivity index (χ1) is 11.6. The molecule has 1 aliphatic heterocycles. The van der Waals surface area contributed by atoms with Gasteiger partial charge in [0.25, 0.3) is 0 Å². The third kappa shape index (κ3) is 3.19. The Morgan fingerprint density at radius 1 is 1.38 bits per heavy atom. The number of rotatable bonds is 3. The monoisotopic (exact) mass is 343 g/mol. The zero-order chi connectivity index (χ0) is 17.2. The Morgan fingerprint density at radius 3 is 2.75 bits per heavy atom. The van der Waals surface area contributed by atoms with Gasteiger partial charge >= 0.3 is 0 Å². The van der Waals surface area contributed by atoms with Gasteiger partial charge in [0.1, 0.15) is 5.82 Å². The molecule has 2 aliphatic rings. The molecule has 5 heteroatoms. The maximum absolute atomic E-state index is 13.1. The number of nitrogens with zero attached hydrogens (tertiary/aromatic N) is 2. The van der Waals surface area contributed by atoms with Crippen LogP contribution in [0.3, 0.4) is 0 Å². The summed E-state index contributed by atoms with van der Waals surface area (Å²) in [5.74, 6) is -0.259. The zero-order valence-electron chi connectivity index (χ0n) is 13.8. The molecule has 0 aromatic heterocycles. The highest BCUT2D eigenvalue weighted by atomic mass is 32.2. The summed E-state index contributed by atoms with van der Waals surface area (Å²) in [4.78, 5) is 4.68. The van der Waals surface area contributed by atoms with Crippen molar-refractivity contribution in [1.29, 1.82) is 0 Å². The number of allylic oxidation sites excluding steroid dienone is 2. The van der Waals surface area contributed by atoms with Crippen LogP contribution in [-0.2, 0) is 0 Å². The van der Waals surface area contributed by atoms with Crippen LogP contribution in [0.1, 0.15) is 12.8 Å². The molecule has 1 heterocycles. The number of hydrogen-bond donors (Lipinski definition) is 1. The molecule has 3 nitrogen and oxygen atoms in total. The fourth-order valence-corrected chi connectivity index (χ4v) is 4.02. The minimum Gasteiger partial charge on any atom is -0.404 e. The molecule has 0 amide bonds. The number of fused-ring (bicyclic) bond motifs is 1. The molecule has 0 radical (unpaired) electrons. The average molecular weight is 343 g/mol. The van der Waals surface area contributed by atoms with Crippen LogP contribution >= 0.6 is 11.9 Å². The van der Waals surface area contributed by atoms with Gasteiger partial charge in [-0.1, -0.05) is 23.6 Å². The Hall–Kier alpha value is -1.85. The molecule has 0 spiro atoms. The van der Waals surface area contributed by atoms with Crippen LogP contribution in [0, 0.1) is 11.2 Å². The molecule has 2 N–H and O–H groups in total. The summed E-state index contributed by atoms with van der Waals surface area (Å²) < 4.78 is 15.5. The molecular weight excluding hydrogens is 321 g/mol. The van der Waals surface area contributed by atoms with Gasteiger partial charge in [0.2, 0.25) is 0 Å². The van der Waals surface area contributed by atoms with E-state index in [9.17, 15) is 4.39 Å². The van der Waals surface area contributed by atoms with Crippen molar-refractivity contribution in [2.24, 2.45) is 16.1 Å². The van der Waals surface area contributed by atoms with Crippen LogP contribution in [0.5, 0.6) is 0 Å². The lowest BCUT2D eigenvalue weighted by molar-refractivity contribution is 0.279. The van der Waals surface area contributed by atoms with Gasteiger partial charge in [0, 0.05) is 18.5 Å². The van der Waals surface area contributed by atoms with Crippen molar-refractivity contribution in [3.63, 3.8) is 0 Å². The summed E-state index contributed by atoms with van der Waals surface area (Å²) in [7, 11) is 0. The second kappa shape index (κ2) is 6.95. The molecule has 24 heavy (non-hydrogen) atoms. The predicted octanol–water partition coefficient (Wildman–Crippen LogP) is 4.23. The molecule has 1 aromatic carbocycles. The van der Waals surface area contributed by atoms with E-state index in [1.807, 2.05) is 0 Å². The topological polar surface area (TPSA) is 41.6 Å². The first-order valence-corrected chi connectivity index (χ1v) is 9.17. The van der Waals surface area contributed by atoms with Crippen molar-refractivity contribution >= 4 is 23.3 Å². The summed E-state index contributed by atoms with van der Waals surface area (Å²) in [6.45, 7) is 6.05. The molecule has 1 unspecified atom stereocenters. The van der Waals surface area contributed by atoms with Crippen molar-refractivity contribution in [1.82, 2.24) is 4.31 Å². The molecule has 0 saturated carbocycles. The van der Waals surface area contributed by atoms with E-state index in [-0.39, 0.29) is 11.2 Å². The molecule has 1 aromatic rings. The van der Waals surface area contributed by atoms with Gasteiger partial charge in [-0.15, -0.1) is 6.58 Å². The predicted molar refractivity (Wildman–Crippen MR) is 101 cm³/mol. The number of piperidine rings is 1. The highest BCUT2D eigenvalue weighted by molar-refractivity contribution is 7.96. The van der Waals surface area contributed by atoms with Crippen LogP contribution in [0.2, 0.25) is 0 Å². The fraction of sp³-hybridized carbons (Fsp3) is 0.316. The van der Waals surface area contributed by atoms with Crippen LogP contribution in [0.25, 0.3) is 0 Å². The lowest BCUT2D eigenvalue weighted by atomic mass is 9.67. The second-order valence-corrected chi connectivity index (χ2v) is 7.05. The van der Waals surface area contributed by atoms with Crippen LogP contribution < -0.4 is 5.73 Å². The van der Waals surface area contributed by atoms with E-state index in [0.29, 0.717) is 0 Å². The maximum Gasteiger partial charge on any atom is 0.123 e. The number of benzene rings is 1. The fourth-order valence-electron chi connectivity index (χ4n) is 3.39. The minimum absolute atomic E-state index is 0.0751. The van der Waals surface area contributed by atoms with E-state index in [1.165, 1.54) is 17.7 Å². The van der Waals surface area contributed by atoms with Gasteiger partial charge in [-0.3, -0.25) is 0 Å². The molecule has 1 fully saturated rings. The minimum atomic E-state index is -0.259. The highest BCUT2D eigenvalue weighted by Crippen LogP contribution is 2.46. The lowest BCUT2D eigenvalue weighted by Gasteiger charge is -2.45. The first-order valence-electron chi connectivity index (χ1n) is 7.99. The standard InChI is InChI=1S/C19H22FN3S/c1-3-19-11-14(12-21)18(22-17-6-4-16(20)5-7-17)10-15(19)8-9-23(13-19)24-2/h3-7,10,12H,1,8-9,11,13,21H2,2H3. The second-order valence-electron chi connectivity index (χ2n) is 6.17. The van der Waals surface area contributed by atoms with Crippen LogP contribution in [-0.4, -0.2) is 29.4 Å². The van der Waals surface area contributed by atoms with Crippen molar-refractivity contribution in [3.05, 3.63) is 66.2 Å². The van der Waals surface area contributed by atoms with Gasteiger partial charge < -0.3 is 5.73 Å². The molecule has 126 valence electrons. The average Bonchev–Trinajstić information content (AvgIpc) is 2.62. The van der Waals surface area contributed by atoms with E-state index in [4.69, 9.17) is 5.73 Å². The first kappa shape index (κ1) is 17.0. The largest absolute Gasteiger partial charge is 0.404 e. The SMILES string of the molecule is C=CC12CC(=CN)C(=Nc3ccc(F)cc3)C=C1CCN(SC)C2. The maximum atomic E-state index is 13.1. The number of aliphatic imine (C=N–C) groups is 1. The van der Waals surface area contributed by atoms with E-state index >= 15 is 0 Å². The van der Waals surface area contributed by atoms with Crippen LogP contribution in [0.4, 0.5) is 10.1 Å². The Bertz CT molecular complexity index is 721. The summed E-state index contributed by atoms with van der Waals surface area (Å²) in [5.41, 5.74) is 9.78. The zero-order valence-corrected chi connectivity index (χ0v) is 14.7. The summed E-state index contributed by atoms with van der Waals surface area (Å²) in [6, 6.07) is 6.21. The van der Waals surface area contributed by atoms with E-state index in [2.05, 4.69) is 34.3 Å². The van der Waals surface area contributed by atoms with E-state index in [1.54, 1.807) is 30.3 Å².